The fraction of sp³-hybridized carbons (Fsp3) is 0.389. The van der Waals surface area contributed by atoms with Gasteiger partial charge >= 0.3 is 11.9 Å². The smallest absolute Gasteiger partial charge is 0.336 e. The predicted molar refractivity (Wildman–Crippen MR) is 86.2 cm³/mol. The molecule has 2 aliphatic heterocycles. The van der Waals surface area contributed by atoms with Gasteiger partial charge in [-0.2, -0.15) is 0 Å². The van der Waals surface area contributed by atoms with Crippen molar-refractivity contribution in [2.45, 2.75) is 38.0 Å². The maximum atomic E-state index is 12.1. The lowest BCUT2D eigenvalue weighted by atomic mass is 10.00. The molecule has 7 nitrogen and oxygen atoms in total. The van der Waals surface area contributed by atoms with Crippen LogP contribution in [-0.4, -0.2) is 47.2 Å². The number of carbonyl (C=O) groups excluding carboxylic acids is 2. The number of aliphatic carboxylic acids is 1. The number of ether oxygens (including phenoxy) is 2. The normalized spacial score (nSPS) is 23.4. The van der Waals surface area contributed by atoms with Crippen molar-refractivity contribution in [2.24, 2.45) is 0 Å². The van der Waals surface area contributed by atoms with E-state index in [2.05, 4.69) is 0 Å². The first-order valence-electron chi connectivity index (χ1n) is 8.09. The molecule has 1 aromatic rings. The Balaban J connectivity index is 1.80. The molecule has 1 aromatic carbocycles. The Morgan fingerprint density at radius 3 is 2.64 bits per heavy atom. The van der Waals surface area contributed by atoms with Crippen LogP contribution in [0.5, 0.6) is 0 Å². The van der Waals surface area contributed by atoms with E-state index in [9.17, 15) is 19.5 Å². The Morgan fingerprint density at radius 1 is 1.32 bits per heavy atom. The summed E-state index contributed by atoms with van der Waals surface area (Å²) in [5.41, 5.74) is 1.13. The largest absolute Gasteiger partial charge is 0.478 e. The number of carboxylic acids is 1. The first-order valence-corrected chi connectivity index (χ1v) is 8.09. The minimum atomic E-state index is -1.15. The monoisotopic (exact) mass is 345 g/mol. The number of hydrogen-bond acceptors (Lipinski definition) is 5. The van der Waals surface area contributed by atoms with Crippen LogP contribution in [0.1, 0.15) is 24.8 Å². The van der Waals surface area contributed by atoms with E-state index in [1.807, 2.05) is 30.3 Å². The van der Waals surface area contributed by atoms with E-state index in [0.717, 1.165) is 5.56 Å². The van der Waals surface area contributed by atoms with Crippen LogP contribution >= 0.6 is 0 Å². The summed E-state index contributed by atoms with van der Waals surface area (Å²) in [5.74, 6) is -2.05. The number of benzene rings is 1. The molecule has 0 bridgehead atoms. The summed E-state index contributed by atoms with van der Waals surface area (Å²) < 4.78 is 10.3. The minimum absolute atomic E-state index is 0.0218. The number of aryl methyl sites for hydroxylation is 1. The predicted octanol–water partition coefficient (Wildman–Crippen LogP) is 1.48. The topological polar surface area (TPSA) is 93.1 Å². The molecule has 2 aliphatic rings. The number of nitrogens with zero attached hydrogens (tertiary/aromatic N) is 1. The zero-order valence-electron chi connectivity index (χ0n) is 13.8. The summed E-state index contributed by atoms with van der Waals surface area (Å²) in [6.07, 6.45) is 1.11. The second-order valence-corrected chi connectivity index (χ2v) is 5.99. The number of rotatable bonds is 6. The Hall–Kier alpha value is -2.83. The molecule has 0 radical (unpaired) electrons. The van der Waals surface area contributed by atoms with Gasteiger partial charge < -0.3 is 14.6 Å². The van der Waals surface area contributed by atoms with Gasteiger partial charge in [0.1, 0.15) is 5.76 Å². The Bertz CT molecular complexity index is 726. The van der Waals surface area contributed by atoms with E-state index in [4.69, 9.17) is 9.47 Å². The molecule has 132 valence electrons. The molecule has 2 fully saturated rings. The molecule has 2 saturated heterocycles. The third-order valence-corrected chi connectivity index (χ3v) is 4.45. The highest BCUT2D eigenvalue weighted by Crippen LogP contribution is 2.39. The standard InChI is InChI=1S/C18H19NO6/c1-24-18(23)15-16(25-14-10-13(20)19(14)15)12(17(21)22)9-5-8-11-6-3-2-4-7-11/h2-4,6-7,14-15H,5,8-10H2,1H3,(H,21,22)/b16-12-/t14-,15?/m1/s1. The lowest BCUT2D eigenvalue weighted by molar-refractivity contribution is -0.164. The number of carboxylic acid groups (broad SMARTS) is 1. The van der Waals surface area contributed by atoms with Crippen molar-refractivity contribution in [3.8, 4) is 0 Å². The number of amides is 1. The fourth-order valence-corrected chi connectivity index (χ4v) is 3.17. The summed E-state index contributed by atoms with van der Waals surface area (Å²) in [4.78, 5) is 36.8. The molecule has 2 atom stereocenters. The molecule has 2 heterocycles. The highest BCUT2D eigenvalue weighted by molar-refractivity contribution is 5.95. The lowest BCUT2D eigenvalue weighted by Crippen LogP contribution is -2.55. The van der Waals surface area contributed by atoms with Gasteiger partial charge in [-0.3, -0.25) is 9.69 Å². The van der Waals surface area contributed by atoms with Gasteiger partial charge in [0.15, 0.2) is 12.3 Å². The number of esters is 1. The molecule has 0 saturated carbocycles. The molecule has 3 rings (SSSR count). The van der Waals surface area contributed by atoms with Crippen molar-refractivity contribution >= 4 is 17.8 Å². The van der Waals surface area contributed by atoms with Crippen LogP contribution in [0, 0.1) is 0 Å². The van der Waals surface area contributed by atoms with Gasteiger partial charge in [0.2, 0.25) is 5.91 Å². The van der Waals surface area contributed by atoms with Crippen molar-refractivity contribution in [3.05, 3.63) is 47.2 Å². The third kappa shape index (κ3) is 3.22. The second kappa shape index (κ2) is 6.96. The molecule has 25 heavy (non-hydrogen) atoms. The fourth-order valence-electron chi connectivity index (χ4n) is 3.17. The molecule has 7 heteroatoms. The van der Waals surface area contributed by atoms with E-state index in [0.29, 0.717) is 12.8 Å². The summed E-state index contributed by atoms with van der Waals surface area (Å²) in [6, 6.07) is 8.62. The van der Waals surface area contributed by atoms with Gasteiger partial charge in [0, 0.05) is 0 Å². The van der Waals surface area contributed by atoms with Crippen molar-refractivity contribution in [1.29, 1.82) is 0 Å². The average Bonchev–Trinajstić information content (AvgIpc) is 2.91. The van der Waals surface area contributed by atoms with Gasteiger partial charge in [0.25, 0.3) is 0 Å². The van der Waals surface area contributed by atoms with Crippen LogP contribution in [0.15, 0.2) is 41.7 Å². The van der Waals surface area contributed by atoms with Crippen molar-refractivity contribution < 1.29 is 29.0 Å². The van der Waals surface area contributed by atoms with Gasteiger partial charge in [-0.15, -0.1) is 0 Å². The van der Waals surface area contributed by atoms with Crippen LogP contribution in [0.2, 0.25) is 0 Å². The Morgan fingerprint density at radius 2 is 2.04 bits per heavy atom. The maximum Gasteiger partial charge on any atom is 0.336 e. The van der Waals surface area contributed by atoms with E-state index < -0.39 is 24.2 Å². The van der Waals surface area contributed by atoms with Gasteiger partial charge in [-0.25, -0.2) is 9.59 Å². The Kier molecular flexibility index (Phi) is 4.74. The minimum Gasteiger partial charge on any atom is -0.478 e. The highest BCUT2D eigenvalue weighted by Gasteiger charge is 2.55. The molecule has 1 unspecified atom stereocenters. The quantitative estimate of drug-likeness (QED) is 0.477. The molecular formula is C18H19NO6. The van der Waals surface area contributed by atoms with Gasteiger partial charge in [0.05, 0.1) is 19.1 Å². The van der Waals surface area contributed by atoms with Crippen LogP contribution in [0.3, 0.4) is 0 Å². The van der Waals surface area contributed by atoms with Gasteiger partial charge in [-0.1, -0.05) is 30.3 Å². The van der Waals surface area contributed by atoms with E-state index >= 15 is 0 Å². The Labute approximate surface area is 144 Å². The molecule has 1 amide bonds. The SMILES string of the molecule is COC(=O)C1/C(=C(\CCCc2ccccc2)C(=O)O)O[C@@H]2CC(=O)N12. The van der Waals surface area contributed by atoms with Crippen LogP contribution in [0.4, 0.5) is 0 Å². The number of fused-ring (bicyclic) bond motifs is 1. The number of carbonyl (C=O) groups is 3. The van der Waals surface area contributed by atoms with Crippen LogP contribution in [-0.2, 0) is 30.3 Å². The summed E-state index contributed by atoms with van der Waals surface area (Å²) in [5, 5.41) is 9.57. The van der Waals surface area contributed by atoms with Crippen molar-refractivity contribution in [2.75, 3.05) is 7.11 Å². The summed E-state index contributed by atoms with van der Waals surface area (Å²) >= 11 is 0. The highest BCUT2D eigenvalue weighted by atomic mass is 16.6. The first kappa shape index (κ1) is 17.0. The maximum absolute atomic E-state index is 12.1. The lowest BCUT2D eigenvalue weighted by Gasteiger charge is -2.33. The summed E-state index contributed by atoms with van der Waals surface area (Å²) in [7, 11) is 1.20. The number of β-lactam (4-membered cyclic amide) rings is 1. The van der Waals surface area contributed by atoms with Crippen molar-refractivity contribution in [3.63, 3.8) is 0 Å². The first-order chi connectivity index (χ1) is 12.0. The van der Waals surface area contributed by atoms with E-state index in [1.165, 1.54) is 12.0 Å². The molecule has 0 spiro atoms. The van der Waals surface area contributed by atoms with Crippen molar-refractivity contribution in [1.82, 2.24) is 4.90 Å². The zero-order valence-corrected chi connectivity index (χ0v) is 13.8. The molecule has 0 aromatic heterocycles. The van der Waals surface area contributed by atoms with Gasteiger partial charge in [-0.05, 0) is 24.8 Å². The summed E-state index contributed by atoms with van der Waals surface area (Å²) in [6.45, 7) is 0. The number of hydrogen-bond donors (Lipinski definition) is 1. The van der Waals surface area contributed by atoms with E-state index in [1.54, 1.807) is 0 Å². The number of methoxy groups -OCH3 is 1. The van der Waals surface area contributed by atoms with Crippen LogP contribution < -0.4 is 0 Å². The second-order valence-electron chi connectivity index (χ2n) is 5.99. The molecule has 1 N–H and O–H groups in total. The van der Waals surface area contributed by atoms with E-state index in [-0.39, 0.29) is 30.1 Å². The van der Waals surface area contributed by atoms with Crippen LogP contribution in [0.25, 0.3) is 0 Å². The third-order valence-electron chi connectivity index (χ3n) is 4.45. The molecule has 0 aliphatic carbocycles. The zero-order chi connectivity index (χ0) is 18.0. The average molecular weight is 345 g/mol. The molecular weight excluding hydrogens is 326 g/mol.